The average molecular weight is 804 g/mol. The summed E-state index contributed by atoms with van der Waals surface area (Å²) < 4.78 is 11.8. The van der Waals surface area contributed by atoms with E-state index >= 15 is 0 Å². The Kier molecular flexibility index (Phi) is 14.8. The highest BCUT2D eigenvalue weighted by Gasteiger charge is 2.32. The third-order valence-corrected chi connectivity index (χ3v) is 9.91. The Labute approximate surface area is 350 Å². The Balaban J connectivity index is 1.06. The molecule has 0 aliphatic rings. The SMILES string of the molecule is CC(=O)NC(C(=O)O)C(c1cccc(CNC(=O)Cc2ccc(OCc3ccccc3)cc2)c1)c1cccc(CNC(=O)Cc2ccc(OCc3ccc(C)cc3)cc2)c1. The van der Waals surface area contributed by atoms with Crippen LogP contribution in [-0.4, -0.2) is 34.8 Å². The van der Waals surface area contributed by atoms with E-state index < -0.39 is 23.8 Å². The molecule has 0 aromatic heterocycles. The molecule has 2 unspecified atom stereocenters. The van der Waals surface area contributed by atoms with Crippen molar-refractivity contribution >= 4 is 23.7 Å². The van der Waals surface area contributed by atoms with Crippen LogP contribution >= 0.6 is 0 Å². The number of rotatable bonds is 19. The van der Waals surface area contributed by atoms with Gasteiger partial charge < -0.3 is 30.5 Å². The number of carbonyl (C=O) groups is 4. The number of carboxylic acids is 1. The molecule has 0 bridgehead atoms. The van der Waals surface area contributed by atoms with E-state index in [1.54, 1.807) is 12.1 Å². The van der Waals surface area contributed by atoms with Gasteiger partial charge in [-0.2, -0.15) is 0 Å². The molecule has 6 aromatic rings. The van der Waals surface area contributed by atoms with Crippen molar-refractivity contribution in [2.75, 3.05) is 0 Å². The van der Waals surface area contributed by atoms with Gasteiger partial charge in [-0.1, -0.05) is 133 Å². The Morgan fingerprint density at radius 1 is 0.533 bits per heavy atom. The molecule has 6 aromatic carbocycles. The second kappa shape index (κ2) is 21.0. The maximum Gasteiger partial charge on any atom is 0.327 e. The fraction of sp³-hybridized carbons (Fsp3) is 0.200. The van der Waals surface area contributed by atoms with Crippen LogP contribution in [0.25, 0.3) is 0 Å². The number of amides is 3. The van der Waals surface area contributed by atoms with Gasteiger partial charge in [0, 0.05) is 25.9 Å². The summed E-state index contributed by atoms with van der Waals surface area (Å²) in [5.41, 5.74) is 7.79. The fourth-order valence-corrected chi connectivity index (χ4v) is 6.77. The minimum atomic E-state index is -1.29. The van der Waals surface area contributed by atoms with Crippen LogP contribution in [0.1, 0.15) is 62.9 Å². The standard InChI is InChI=1S/C50H49N3O7/c1-34-14-16-39(17-15-34)33-60-45-24-20-37(21-25-45)29-47(56)52-31-41-11-7-13-43(27-41)48(49(50(57)58)53-35(2)54)42-12-6-10-40(26-42)30-51-46(55)28-36-18-22-44(23-19-36)59-32-38-8-4-3-5-9-38/h3-27,48-49H,28-33H2,1-2H3,(H,51,55)(H,52,56)(H,53,54)(H,57,58). The third kappa shape index (κ3) is 12.9. The highest BCUT2D eigenvalue weighted by molar-refractivity contribution is 5.84. The molecule has 0 aliphatic heterocycles. The van der Waals surface area contributed by atoms with Gasteiger partial charge in [-0.05, 0) is 75.7 Å². The van der Waals surface area contributed by atoms with Gasteiger partial charge in [0.15, 0.2) is 0 Å². The van der Waals surface area contributed by atoms with E-state index in [-0.39, 0.29) is 37.7 Å². The molecule has 0 aliphatic carbocycles. The quantitative estimate of drug-likeness (QED) is 0.0661. The molecule has 306 valence electrons. The minimum absolute atomic E-state index is 0.171. The Hall–Kier alpha value is -7.20. The van der Waals surface area contributed by atoms with E-state index in [4.69, 9.17) is 9.47 Å². The Morgan fingerprint density at radius 3 is 1.42 bits per heavy atom. The summed E-state index contributed by atoms with van der Waals surface area (Å²) in [5.74, 6) is -1.40. The van der Waals surface area contributed by atoms with E-state index in [0.717, 1.165) is 33.4 Å². The summed E-state index contributed by atoms with van der Waals surface area (Å²) >= 11 is 0. The smallest absolute Gasteiger partial charge is 0.327 e. The lowest BCUT2D eigenvalue weighted by atomic mass is 9.83. The van der Waals surface area contributed by atoms with Crippen molar-refractivity contribution in [3.05, 3.63) is 202 Å². The highest BCUT2D eigenvalue weighted by Crippen LogP contribution is 2.30. The molecular weight excluding hydrogens is 755 g/mol. The second-order valence-electron chi connectivity index (χ2n) is 14.7. The van der Waals surface area contributed by atoms with Crippen LogP contribution in [0, 0.1) is 6.92 Å². The molecular formula is C50H49N3O7. The van der Waals surface area contributed by atoms with Crippen molar-refractivity contribution in [3.63, 3.8) is 0 Å². The first-order chi connectivity index (χ1) is 29.1. The Morgan fingerprint density at radius 2 is 0.967 bits per heavy atom. The normalized spacial score (nSPS) is 11.8. The summed E-state index contributed by atoms with van der Waals surface area (Å²) in [6.45, 7) is 4.65. The monoisotopic (exact) mass is 803 g/mol. The topological polar surface area (TPSA) is 143 Å². The van der Waals surface area contributed by atoms with Crippen molar-refractivity contribution in [3.8, 4) is 11.5 Å². The van der Waals surface area contributed by atoms with Crippen molar-refractivity contribution in [1.29, 1.82) is 0 Å². The zero-order valence-corrected chi connectivity index (χ0v) is 33.7. The van der Waals surface area contributed by atoms with Gasteiger partial charge >= 0.3 is 5.97 Å². The largest absolute Gasteiger partial charge is 0.489 e. The maximum absolute atomic E-state index is 13.0. The maximum atomic E-state index is 13.0. The molecule has 0 saturated heterocycles. The van der Waals surface area contributed by atoms with Crippen LogP contribution in [0.5, 0.6) is 11.5 Å². The zero-order chi connectivity index (χ0) is 42.3. The number of hydrogen-bond acceptors (Lipinski definition) is 6. The number of carboxylic acid groups (broad SMARTS) is 1. The molecule has 4 N–H and O–H groups in total. The fourth-order valence-electron chi connectivity index (χ4n) is 6.77. The van der Waals surface area contributed by atoms with E-state index in [9.17, 15) is 24.3 Å². The molecule has 0 saturated carbocycles. The summed E-state index contributed by atoms with van der Waals surface area (Å²) in [4.78, 5) is 50.9. The first-order valence-electron chi connectivity index (χ1n) is 19.8. The lowest BCUT2D eigenvalue weighted by molar-refractivity contribution is -0.142. The van der Waals surface area contributed by atoms with E-state index in [0.29, 0.717) is 35.8 Å². The van der Waals surface area contributed by atoms with Crippen molar-refractivity contribution < 1.29 is 33.8 Å². The highest BCUT2D eigenvalue weighted by atomic mass is 16.5. The van der Waals surface area contributed by atoms with Crippen molar-refractivity contribution in [2.45, 2.75) is 65.0 Å². The Bertz CT molecular complexity index is 2360. The molecule has 60 heavy (non-hydrogen) atoms. The summed E-state index contributed by atoms with van der Waals surface area (Å²) in [5, 5.41) is 18.9. The lowest BCUT2D eigenvalue weighted by Crippen LogP contribution is -2.44. The predicted molar refractivity (Wildman–Crippen MR) is 230 cm³/mol. The van der Waals surface area contributed by atoms with Gasteiger partial charge in [0.05, 0.1) is 12.8 Å². The second-order valence-corrected chi connectivity index (χ2v) is 14.7. The zero-order valence-electron chi connectivity index (χ0n) is 33.7. The van der Waals surface area contributed by atoms with E-state index in [1.807, 2.05) is 146 Å². The number of benzene rings is 6. The lowest BCUT2D eigenvalue weighted by Gasteiger charge is -2.26. The molecule has 6 rings (SSSR count). The van der Waals surface area contributed by atoms with Crippen molar-refractivity contribution in [1.82, 2.24) is 16.0 Å². The molecule has 10 nitrogen and oxygen atoms in total. The van der Waals surface area contributed by atoms with Gasteiger partial charge in [0.1, 0.15) is 30.8 Å². The third-order valence-electron chi connectivity index (χ3n) is 9.91. The van der Waals surface area contributed by atoms with Gasteiger partial charge in [0.25, 0.3) is 0 Å². The number of nitrogens with one attached hydrogen (secondary N) is 3. The molecule has 0 heterocycles. The van der Waals surface area contributed by atoms with Crippen molar-refractivity contribution in [2.24, 2.45) is 0 Å². The summed E-state index contributed by atoms with van der Waals surface area (Å²) in [6, 6.07) is 46.2. The van der Waals surface area contributed by atoms with Crippen LogP contribution in [-0.2, 0) is 58.3 Å². The van der Waals surface area contributed by atoms with Gasteiger partial charge in [0.2, 0.25) is 17.7 Å². The van der Waals surface area contributed by atoms with Crippen LogP contribution < -0.4 is 25.4 Å². The molecule has 0 fully saturated rings. The molecule has 10 heteroatoms. The molecule has 0 spiro atoms. The van der Waals surface area contributed by atoms with Crippen LogP contribution in [0.2, 0.25) is 0 Å². The van der Waals surface area contributed by atoms with Gasteiger partial charge in [-0.3, -0.25) is 14.4 Å². The van der Waals surface area contributed by atoms with Crippen LogP contribution in [0.4, 0.5) is 0 Å². The van der Waals surface area contributed by atoms with E-state index in [1.165, 1.54) is 12.5 Å². The van der Waals surface area contributed by atoms with Crippen LogP contribution in [0.15, 0.2) is 152 Å². The molecule has 3 amide bonds. The summed E-state index contributed by atoms with van der Waals surface area (Å²) in [6.07, 6.45) is 0.342. The molecule has 0 radical (unpaired) electrons. The van der Waals surface area contributed by atoms with E-state index in [2.05, 4.69) is 16.0 Å². The number of ether oxygens (including phenoxy) is 2. The number of aryl methyl sites for hydroxylation is 1. The number of aliphatic carboxylic acids is 1. The van der Waals surface area contributed by atoms with Gasteiger partial charge in [-0.15, -0.1) is 0 Å². The minimum Gasteiger partial charge on any atom is -0.489 e. The number of hydrogen-bond donors (Lipinski definition) is 4. The first kappa shape index (κ1) is 42.4. The number of carbonyl (C=O) groups excluding carboxylic acids is 3. The summed E-state index contributed by atoms with van der Waals surface area (Å²) in [7, 11) is 0. The predicted octanol–water partition coefficient (Wildman–Crippen LogP) is 7.59. The van der Waals surface area contributed by atoms with Gasteiger partial charge in [-0.25, -0.2) is 4.79 Å². The first-order valence-corrected chi connectivity index (χ1v) is 19.8. The molecule has 2 atom stereocenters. The average Bonchev–Trinajstić information content (AvgIpc) is 3.25. The van der Waals surface area contributed by atoms with Crippen LogP contribution in [0.3, 0.4) is 0 Å².